The number of allylic oxidation sites excluding steroid dienone is 5. The first-order chi connectivity index (χ1) is 28.1. The number of quaternary nitrogens is 1. The van der Waals surface area contributed by atoms with Gasteiger partial charge >= 0.3 is 19.8 Å². The summed E-state index contributed by atoms with van der Waals surface area (Å²) in [6.07, 6.45) is 26.6. The number of nitrogens with zero attached hydrogens (tertiary/aromatic N) is 1. The SMILES string of the molecule is CCCCC/C=C\C[C@H](O)/C=C/C=C/C=C\[C@H](O)CCCC(=O)O[C@H](COC(=O)CCCCCCCCc1oc(CCC)c(C)c1C)COP(=O)(O)OCC[N+](C)(C)C. The molecule has 12 nitrogen and oxygen atoms in total. The predicted octanol–water partition coefficient (Wildman–Crippen LogP) is 9.50. The van der Waals surface area contributed by atoms with Gasteiger partial charge in [-0.2, -0.15) is 0 Å². The molecule has 0 radical (unpaired) electrons. The molecular weight excluding hydrogens is 773 g/mol. The van der Waals surface area contributed by atoms with Gasteiger partial charge in [0.2, 0.25) is 0 Å². The Balaban J connectivity index is 2.49. The van der Waals surface area contributed by atoms with Gasteiger partial charge in [0.05, 0.1) is 40.0 Å². The van der Waals surface area contributed by atoms with Gasteiger partial charge in [-0.3, -0.25) is 18.6 Å². The lowest BCUT2D eigenvalue weighted by molar-refractivity contribution is -0.870. The molecule has 0 spiro atoms. The van der Waals surface area contributed by atoms with Crippen molar-refractivity contribution in [3.63, 3.8) is 0 Å². The van der Waals surface area contributed by atoms with E-state index in [9.17, 15) is 29.3 Å². The van der Waals surface area contributed by atoms with Crippen LogP contribution in [0.2, 0.25) is 0 Å². The van der Waals surface area contributed by atoms with E-state index in [2.05, 4.69) is 33.8 Å². The lowest BCUT2D eigenvalue weighted by atomic mass is 10.0. The van der Waals surface area contributed by atoms with Gasteiger partial charge in [0.25, 0.3) is 0 Å². The fourth-order valence-corrected chi connectivity index (χ4v) is 6.70. The number of aliphatic hydroxyl groups excluding tert-OH is 2. The van der Waals surface area contributed by atoms with E-state index in [0.717, 1.165) is 69.3 Å². The van der Waals surface area contributed by atoms with Crippen LogP contribution < -0.4 is 0 Å². The summed E-state index contributed by atoms with van der Waals surface area (Å²) in [5.74, 6) is 1.13. The van der Waals surface area contributed by atoms with Gasteiger partial charge in [0, 0.05) is 25.7 Å². The lowest BCUT2D eigenvalue weighted by Gasteiger charge is -2.24. The second kappa shape index (κ2) is 32.0. The van der Waals surface area contributed by atoms with Crippen molar-refractivity contribution >= 4 is 19.8 Å². The van der Waals surface area contributed by atoms with E-state index in [4.69, 9.17) is 22.9 Å². The molecule has 1 heterocycles. The molecule has 1 rings (SSSR count). The van der Waals surface area contributed by atoms with Crippen LogP contribution in [0.4, 0.5) is 0 Å². The number of aryl methyl sites for hydroxylation is 2. The third-order valence-corrected chi connectivity index (χ3v) is 10.7. The normalized spacial score (nSPS) is 15.1. The molecule has 4 atom stereocenters. The number of phosphoric ester groups is 1. The van der Waals surface area contributed by atoms with E-state index in [0.29, 0.717) is 36.7 Å². The topological polar surface area (TPSA) is 162 Å². The minimum atomic E-state index is -4.46. The fraction of sp³-hybridized carbons (Fsp3) is 0.696. The zero-order valence-corrected chi connectivity index (χ0v) is 38.3. The average Bonchev–Trinajstić information content (AvgIpc) is 3.43. The summed E-state index contributed by atoms with van der Waals surface area (Å²) in [4.78, 5) is 35.5. The Morgan fingerprint density at radius 2 is 1.36 bits per heavy atom. The summed E-state index contributed by atoms with van der Waals surface area (Å²) in [5, 5.41) is 20.4. The van der Waals surface area contributed by atoms with E-state index in [1.54, 1.807) is 36.5 Å². The van der Waals surface area contributed by atoms with Crippen LogP contribution in [0.15, 0.2) is 53.0 Å². The van der Waals surface area contributed by atoms with Crippen LogP contribution >= 0.6 is 7.82 Å². The number of esters is 2. The van der Waals surface area contributed by atoms with Crippen molar-refractivity contribution in [2.45, 2.75) is 162 Å². The van der Waals surface area contributed by atoms with Gasteiger partial charge in [-0.25, -0.2) is 4.57 Å². The van der Waals surface area contributed by atoms with Crippen molar-refractivity contribution in [3.8, 4) is 0 Å². The Morgan fingerprint density at radius 3 is 2.02 bits per heavy atom. The Hall–Kier alpha value is -2.83. The molecule has 0 saturated heterocycles. The molecule has 3 N–H and O–H groups in total. The summed E-state index contributed by atoms with van der Waals surface area (Å²) < 4.78 is 40.2. The van der Waals surface area contributed by atoms with Crippen LogP contribution in [0.3, 0.4) is 0 Å². The molecule has 1 aromatic heterocycles. The number of unbranched alkanes of at least 4 members (excludes halogenated alkanes) is 8. The highest BCUT2D eigenvalue weighted by molar-refractivity contribution is 7.47. The van der Waals surface area contributed by atoms with Crippen LogP contribution in [-0.4, -0.2) is 97.3 Å². The molecule has 0 amide bonds. The monoisotopic (exact) mass is 853 g/mol. The Morgan fingerprint density at radius 1 is 0.729 bits per heavy atom. The highest BCUT2D eigenvalue weighted by Gasteiger charge is 2.27. The molecule has 0 fully saturated rings. The molecule has 338 valence electrons. The smallest absolute Gasteiger partial charge is 0.466 e. The highest BCUT2D eigenvalue weighted by atomic mass is 31.2. The third kappa shape index (κ3) is 29.1. The number of likely N-dealkylation sites (N-methyl/N-ethyl adjacent to an activating group) is 1. The molecule has 0 aliphatic carbocycles. The third-order valence-electron chi connectivity index (χ3n) is 9.72. The van der Waals surface area contributed by atoms with Crippen molar-refractivity contribution in [2.75, 3.05) is 47.5 Å². The number of ether oxygens (including phenoxy) is 2. The van der Waals surface area contributed by atoms with E-state index in [1.807, 2.05) is 27.2 Å². The molecule has 59 heavy (non-hydrogen) atoms. The van der Waals surface area contributed by atoms with E-state index < -0.39 is 44.7 Å². The molecule has 0 aliphatic rings. The molecule has 0 saturated carbocycles. The maximum absolute atomic E-state index is 12.7. The van der Waals surface area contributed by atoms with Gasteiger partial charge in [-0.15, -0.1) is 0 Å². The summed E-state index contributed by atoms with van der Waals surface area (Å²) in [5.41, 5.74) is 2.55. The van der Waals surface area contributed by atoms with Crippen molar-refractivity contribution in [2.24, 2.45) is 0 Å². The first-order valence-corrected chi connectivity index (χ1v) is 23.4. The quantitative estimate of drug-likeness (QED) is 0.0149. The molecule has 0 aromatic carbocycles. The largest absolute Gasteiger partial charge is 0.472 e. The molecule has 1 unspecified atom stereocenters. The average molecular weight is 853 g/mol. The maximum Gasteiger partial charge on any atom is 0.472 e. The molecule has 0 bridgehead atoms. The molecule has 13 heteroatoms. The second-order valence-electron chi connectivity index (χ2n) is 16.4. The summed E-state index contributed by atoms with van der Waals surface area (Å²) >= 11 is 0. The van der Waals surface area contributed by atoms with Crippen LogP contribution in [0.25, 0.3) is 0 Å². The highest BCUT2D eigenvalue weighted by Crippen LogP contribution is 2.43. The predicted molar refractivity (Wildman–Crippen MR) is 235 cm³/mol. The number of rotatable bonds is 35. The maximum atomic E-state index is 12.7. The van der Waals surface area contributed by atoms with Crippen LogP contribution in [-0.2, 0) is 45.5 Å². The van der Waals surface area contributed by atoms with Gasteiger partial charge in [0.15, 0.2) is 6.10 Å². The zero-order chi connectivity index (χ0) is 43.9. The summed E-state index contributed by atoms with van der Waals surface area (Å²) in [6, 6.07) is 0. The fourth-order valence-electron chi connectivity index (χ4n) is 5.96. The number of phosphoric acid groups is 1. The molecule has 0 aliphatic heterocycles. The van der Waals surface area contributed by atoms with Crippen LogP contribution in [0, 0.1) is 13.8 Å². The van der Waals surface area contributed by atoms with Crippen LogP contribution in [0.1, 0.15) is 139 Å². The van der Waals surface area contributed by atoms with E-state index in [-0.39, 0.29) is 26.1 Å². The Bertz CT molecular complexity index is 1460. The van der Waals surface area contributed by atoms with Gasteiger partial charge in [-0.05, 0) is 76.3 Å². The van der Waals surface area contributed by atoms with Crippen molar-refractivity contribution in [1.82, 2.24) is 0 Å². The first kappa shape index (κ1) is 54.2. The standard InChI is InChI=1S/C46H78NO11P/c1-8-10-11-12-15-20-27-40(48)28-21-18-19-22-29-41(49)30-25-33-46(51)57-42(37-56-59(52,53)55-35-34-47(5,6)7)36-54-45(50)32-24-17-14-13-16-23-31-44-39(4)38(3)43(58-44)26-9-2/h15,18-22,28-29,40-42,48-49H,8-14,16-17,23-27,30-37H2,1-7H3/p+1/b19-18+,20-15-,28-21+,29-22-/t40-,41-,42+/m0/s1. The van der Waals surface area contributed by atoms with Crippen molar-refractivity contribution in [3.05, 3.63) is 71.3 Å². The number of furan rings is 1. The summed E-state index contributed by atoms with van der Waals surface area (Å²) in [6.45, 7) is 8.19. The zero-order valence-electron chi connectivity index (χ0n) is 37.4. The number of aliphatic hydroxyl groups is 2. The minimum Gasteiger partial charge on any atom is -0.466 e. The second-order valence-corrected chi connectivity index (χ2v) is 17.8. The minimum absolute atomic E-state index is 0.0243. The van der Waals surface area contributed by atoms with Gasteiger partial charge in [0.1, 0.15) is 31.3 Å². The lowest BCUT2D eigenvalue weighted by Crippen LogP contribution is -2.37. The number of carbonyl (C=O) groups is 2. The number of carbonyl (C=O) groups excluding carboxylic acids is 2. The number of hydrogen-bond donors (Lipinski definition) is 3. The van der Waals surface area contributed by atoms with E-state index >= 15 is 0 Å². The van der Waals surface area contributed by atoms with Gasteiger partial charge in [-0.1, -0.05) is 101 Å². The van der Waals surface area contributed by atoms with Crippen molar-refractivity contribution < 1.29 is 56.7 Å². The Kier molecular flexibility index (Phi) is 29.4. The number of hydrogen-bond acceptors (Lipinski definition) is 10. The van der Waals surface area contributed by atoms with Crippen molar-refractivity contribution in [1.29, 1.82) is 0 Å². The summed E-state index contributed by atoms with van der Waals surface area (Å²) in [7, 11) is 1.29. The van der Waals surface area contributed by atoms with Gasteiger partial charge < -0.3 is 33.5 Å². The van der Waals surface area contributed by atoms with E-state index in [1.165, 1.54) is 30.4 Å². The molecule has 1 aromatic rings. The Labute approximate surface area is 355 Å². The first-order valence-electron chi connectivity index (χ1n) is 21.9. The van der Waals surface area contributed by atoms with Crippen LogP contribution in [0.5, 0.6) is 0 Å². The molecular formula is C46H79NO11P+.